The Hall–Kier alpha value is -3.35. The molecule has 0 aliphatic carbocycles. The van der Waals surface area contributed by atoms with E-state index in [1.165, 1.54) is 11.8 Å². The third-order valence-electron chi connectivity index (χ3n) is 3.87. The Labute approximate surface area is 150 Å². The molecule has 134 valence electrons. The Morgan fingerprint density at radius 3 is 2.58 bits per heavy atom. The maximum atomic E-state index is 12.2. The summed E-state index contributed by atoms with van der Waals surface area (Å²) in [5.74, 6) is -0.0607. The van der Waals surface area contributed by atoms with Crippen LogP contribution < -0.4 is 20.3 Å². The van der Waals surface area contributed by atoms with Crippen molar-refractivity contribution in [3.8, 4) is 5.75 Å². The van der Waals surface area contributed by atoms with Gasteiger partial charge in [-0.1, -0.05) is 24.3 Å². The van der Waals surface area contributed by atoms with E-state index in [2.05, 4.69) is 10.6 Å². The van der Waals surface area contributed by atoms with E-state index < -0.39 is 0 Å². The SMILES string of the molecule is CC(=O)Nc1ccc(CNC(=O)CN2C(=O)COc3ccccc32)cc1. The lowest BCUT2D eigenvalue weighted by molar-refractivity contribution is -0.125. The van der Waals surface area contributed by atoms with E-state index in [9.17, 15) is 14.4 Å². The van der Waals surface area contributed by atoms with Gasteiger partial charge in [-0.25, -0.2) is 0 Å². The van der Waals surface area contributed by atoms with E-state index in [4.69, 9.17) is 4.74 Å². The predicted molar refractivity (Wildman–Crippen MR) is 96.9 cm³/mol. The number of amides is 3. The number of ether oxygens (including phenoxy) is 1. The van der Waals surface area contributed by atoms with Crippen molar-refractivity contribution in [1.29, 1.82) is 0 Å². The zero-order valence-corrected chi connectivity index (χ0v) is 14.3. The van der Waals surface area contributed by atoms with Gasteiger partial charge in [0.1, 0.15) is 12.3 Å². The molecular formula is C19H19N3O4. The van der Waals surface area contributed by atoms with Crippen LogP contribution in [0.4, 0.5) is 11.4 Å². The van der Waals surface area contributed by atoms with Crippen LogP contribution in [0.15, 0.2) is 48.5 Å². The molecule has 1 aliphatic heterocycles. The second kappa shape index (κ2) is 7.69. The number of nitrogens with zero attached hydrogens (tertiary/aromatic N) is 1. The normalized spacial score (nSPS) is 12.8. The summed E-state index contributed by atoms with van der Waals surface area (Å²) in [7, 11) is 0. The molecule has 0 aromatic heterocycles. The Bertz CT molecular complexity index is 833. The molecule has 2 aromatic rings. The number of anilines is 2. The van der Waals surface area contributed by atoms with Crippen LogP contribution in [0.3, 0.4) is 0 Å². The van der Waals surface area contributed by atoms with E-state index in [0.29, 0.717) is 23.7 Å². The highest BCUT2D eigenvalue weighted by Crippen LogP contribution is 2.31. The van der Waals surface area contributed by atoms with Crippen LogP contribution in [0.25, 0.3) is 0 Å². The molecular weight excluding hydrogens is 334 g/mol. The van der Waals surface area contributed by atoms with Crippen LogP contribution in [0.5, 0.6) is 5.75 Å². The van der Waals surface area contributed by atoms with Crippen molar-refractivity contribution in [3.63, 3.8) is 0 Å². The maximum absolute atomic E-state index is 12.2. The standard InChI is InChI=1S/C19H19N3O4/c1-13(23)21-15-8-6-14(7-9-15)10-20-18(24)11-22-16-4-2-3-5-17(16)26-12-19(22)25/h2-9H,10-12H2,1H3,(H,20,24)(H,21,23). The third kappa shape index (κ3) is 4.18. The number of benzene rings is 2. The smallest absolute Gasteiger partial charge is 0.265 e. The molecule has 1 aliphatic rings. The van der Waals surface area contributed by atoms with E-state index in [0.717, 1.165) is 5.56 Å². The summed E-state index contributed by atoms with van der Waals surface area (Å²) in [6, 6.07) is 14.3. The monoisotopic (exact) mass is 353 g/mol. The zero-order valence-electron chi connectivity index (χ0n) is 14.3. The van der Waals surface area contributed by atoms with Crippen LogP contribution in [-0.4, -0.2) is 30.9 Å². The first-order chi connectivity index (χ1) is 12.5. The average Bonchev–Trinajstić information content (AvgIpc) is 2.63. The van der Waals surface area contributed by atoms with Gasteiger partial charge in [0, 0.05) is 19.2 Å². The first-order valence-electron chi connectivity index (χ1n) is 8.18. The Morgan fingerprint density at radius 1 is 1.12 bits per heavy atom. The van der Waals surface area contributed by atoms with Gasteiger partial charge in [-0.15, -0.1) is 0 Å². The first-order valence-corrected chi connectivity index (χ1v) is 8.18. The van der Waals surface area contributed by atoms with Crippen LogP contribution in [0.2, 0.25) is 0 Å². The summed E-state index contributed by atoms with van der Waals surface area (Å²) in [6.45, 7) is 1.64. The molecule has 3 amide bonds. The summed E-state index contributed by atoms with van der Waals surface area (Å²) in [5, 5.41) is 5.48. The number of hydrogen-bond acceptors (Lipinski definition) is 4. The molecule has 0 saturated carbocycles. The summed E-state index contributed by atoms with van der Waals surface area (Å²) in [6.07, 6.45) is 0. The van der Waals surface area contributed by atoms with Gasteiger partial charge >= 0.3 is 0 Å². The van der Waals surface area contributed by atoms with Crippen molar-refractivity contribution < 1.29 is 19.1 Å². The van der Waals surface area contributed by atoms with Gasteiger partial charge in [0.05, 0.1) is 5.69 Å². The molecule has 7 heteroatoms. The van der Waals surface area contributed by atoms with Crippen LogP contribution in [0, 0.1) is 0 Å². The summed E-state index contributed by atoms with van der Waals surface area (Å²) in [5.41, 5.74) is 2.18. The first kappa shape index (κ1) is 17.5. The largest absolute Gasteiger partial charge is 0.482 e. The molecule has 2 N–H and O–H groups in total. The lowest BCUT2D eigenvalue weighted by Crippen LogP contribution is -2.45. The van der Waals surface area contributed by atoms with Gasteiger partial charge in [0.15, 0.2) is 6.61 Å². The number of fused-ring (bicyclic) bond motifs is 1. The van der Waals surface area contributed by atoms with Gasteiger partial charge in [0.25, 0.3) is 5.91 Å². The molecule has 1 heterocycles. The minimum absolute atomic E-state index is 0.0663. The molecule has 3 rings (SSSR count). The Kier molecular flexibility index (Phi) is 5.17. The van der Waals surface area contributed by atoms with Gasteiger partial charge < -0.3 is 15.4 Å². The molecule has 26 heavy (non-hydrogen) atoms. The highest BCUT2D eigenvalue weighted by molar-refractivity contribution is 6.02. The van der Waals surface area contributed by atoms with Crippen molar-refractivity contribution in [2.24, 2.45) is 0 Å². The van der Waals surface area contributed by atoms with E-state index >= 15 is 0 Å². The third-order valence-corrected chi connectivity index (χ3v) is 3.87. The van der Waals surface area contributed by atoms with Gasteiger partial charge in [-0.05, 0) is 29.8 Å². The Morgan fingerprint density at radius 2 is 1.85 bits per heavy atom. The van der Waals surface area contributed by atoms with Crippen molar-refractivity contribution in [2.75, 3.05) is 23.4 Å². The molecule has 0 saturated heterocycles. The Balaban J connectivity index is 1.57. The fraction of sp³-hybridized carbons (Fsp3) is 0.211. The highest BCUT2D eigenvalue weighted by atomic mass is 16.5. The second-order valence-corrected chi connectivity index (χ2v) is 5.89. The second-order valence-electron chi connectivity index (χ2n) is 5.89. The number of carbonyl (C=O) groups excluding carboxylic acids is 3. The van der Waals surface area contributed by atoms with Gasteiger partial charge in [-0.2, -0.15) is 0 Å². The van der Waals surface area contributed by atoms with Crippen molar-refractivity contribution >= 4 is 29.1 Å². The molecule has 7 nitrogen and oxygen atoms in total. The lowest BCUT2D eigenvalue weighted by Gasteiger charge is -2.28. The fourth-order valence-corrected chi connectivity index (χ4v) is 2.64. The average molecular weight is 353 g/mol. The quantitative estimate of drug-likeness (QED) is 0.856. The summed E-state index contributed by atoms with van der Waals surface area (Å²) < 4.78 is 5.36. The highest BCUT2D eigenvalue weighted by Gasteiger charge is 2.26. The summed E-state index contributed by atoms with van der Waals surface area (Å²) >= 11 is 0. The molecule has 0 atom stereocenters. The summed E-state index contributed by atoms with van der Waals surface area (Å²) in [4.78, 5) is 36.8. The van der Waals surface area contributed by atoms with Gasteiger partial charge in [-0.3, -0.25) is 19.3 Å². The maximum Gasteiger partial charge on any atom is 0.265 e. The van der Waals surface area contributed by atoms with Crippen LogP contribution >= 0.6 is 0 Å². The van der Waals surface area contributed by atoms with Crippen molar-refractivity contribution in [2.45, 2.75) is 13.5 Å². The number of para-hydroxylation sites is 2. The van der Waals surface area contributed by atoms with Crippen LogP contribution in [0.1, 0.15) is 12.5 Å². The van der Waals surface area contributed by atoms with E-state index in [1.54, 1.807) is 30.3 Å². The van der Waals surface area contributed by atoms with Crippen LogP contribution in [-0.2, 0) is 20.9 Å². The number of nitrogens with one attached hydrogen (secondary N) is 2. The van der Waals surface area contributed by atoms with Crippen molar-refractivity contribution in [3.05, 3.63) is 54.1 Å². The fourth-order valence-electron chi connectivity index (χ4n) is 2.64. The zero-order chi connectivity index (χ0) is 18.5. The minimum Gasteiger partial charge on any atom is -0.482 e. The molecule has 2 aromatic carbocycles. The topological polar surface area (TPSA) is 87.7 Å². The lowest BCUT2D eigenvalue weighted by atomic mass is 10.2. The number of hydrogen-bond donors (Lipinski definition) is 2. The molecule has 0 fully saturated rings. The molecule has 0 spiro atoms. The van der Waals surface area contributed by atoms with E-state index in [-0.39, 0.29) is 30.9 Å². The number of carbonyl (C=O) groups is 3. The van der Waals surface area contributed by atoms with Crippen molar-refractivity contribution in [1.82, 2.24) is 5.32 Å². The minimum atomic E-state index is -0.263. The van der Waals surface area contributed by atoms with E-state index in [1.807, 2.05) is 18.2 Å². The number of rotatable bonds is 5. The molecule has 0 radical (unpaired) electrons. The van der Waals surface area contributed by atoms with Gasteiger partial charge in [0.2, 0.25) is 11.8 Å². The molecule has 0 bridgehead atoms. The predicted octanol–water partition coefficient (Wildman–Crippen LogP) is 1.69. The molecule has 0 unspecified atom stereocenters.